The monoisotopic (exact) mass is 181 g/mol. The third kappa shape index (κ3) is 1.00. The Hall–Kier alpha value is -1.29. The summed E-state index contributed by atoms with van der Waals surface area (Å²) in [4.78, 5) is 14.0. The van der Waals surface area contributed by atoms with Gasteiger partial charge in [0.05, 0.1) is 10.2 Å². The number of hydrogen-bond donors (Lipinski definition) is 2. The Labute approximate surface area is 72.6 Å². The zero-order valence-corrected chi connectivity index (χ0v) is 7.23. The third-order valence-corrected chi connectivity index (χ3v) is 2.72. The number of fused-ring (bicyclic) bond motifs is 1. The zero-order chi connectivity index (χ0) is 8.72. The van der Waals surface area contributed by atoms with Crippen molar-refractivity contribution in [3.8, 4) is 0 Å². The molecule has 0 aliphatic rings. The Morgan fingerprint density at radius 1 is 1.58 bits per heavy atom. The van der Waals surface area contributed by atoms with Crippen molar-refractivity contribution in [3.05, 3.63) is 22.7 Å². The van der Waals surface area contributed by atoms with E-state index in [1.54, 1.807) is 6.07 Å². The number of hydrogen-bond acceptors (Lipinski definition) is 2. The predicted octanol–water partition coefficient (Wildman–Crippen LogP) is 2.24. The van der Waals surface area contributed by atoms with E-state index in [1.165, 1.54) is 11.3 Å². The average molecular weight is 181 g/mol. The zero-order valence-electron chi connectivity index (χ0n) is 6.42. The highest BCUT2D eigenvalue weighted by Gasteiger charge is 2.08. The van der Waals surface area contributed by atoms with E-state index in [9.17, 15) is 4.79 Å². The van der Waals surface area contributed by atoms with E-state index in [0.29, 0.717) is 4.88 Å². The number of nitrogens with one attached hydrogen (secondary N) is 1. The second-order valence-corrected chi connectivity index (χ2v) is 3.73. The van der Waals surface area contributed by atoms with E-state index in [0.717, 1.165) is 15.9 Å². The Bertz CT molecular complexity index is 409. The average Bonchev–Trinajstić information content (AvgIpc) is 2.42. The summed E-state index contributed by atoms with van der Waals surface area (Å²) in [5.41, 5.74) is 1.98. The van der Waals surface area contributed by atoms with Crippen LogP contribution < -0.4 is 0 Å². The van der Waals surface area contributed by atoms with Gasteiger partial charge in [-0.1, -0.05) is 0 Å². The van der Waals surface area contributed by atoms with Crippen molar-refractivity contribution in [2.45, 2.75) is 6.92 Å². The highest BCUT2D eigenvalue weighted by molar-refractivity contribution is 7.20. The molecule has 0 unspecified atom stereocenters. The van der Waals surface area contributed by atoms with Gasteiger partial charge < -0.3 is 10.1 Å². The second kappa shape index (κ2) is 2.35. The maximum Gasteiger partial charge on any atom is 0.345 e. The number of rotatable bonds is 1. The number of carboxylic acids is 1. The Balaban J connectivity index is 2.64. The van der Waals surface area contributed by atoms with Crippen molar-refractivity contribution in [3.63, 3.8) is 0 Å². The molecule has 0 atom stereocenters. The largest absolute Gasteiger partial charge is 0.477 e. The summed E-state index contributed by atoms with van der Waals surface area (Å²) in [6.07, 6.45) is 0. The number of carbonyl (C=O) groups is 1. The van der Waals surface area contributed by atoms with Crippen LogP contribution in [-0.2, 0) is 0 Å². The highest BCUT2D eigenvalue weighted by atomic mass is 32.1. The quantitative estimate of drug-likeness (QED) is 0.708. The van der Waals surface area contributed by atoms with Crippen LogP contribution >= 0.6 is 11.3 Å². The van der Waals surface area contributed by atoms with Crippen molar-refractivity contribution < 1.29 is 9.90 Å². The molecule has 2 aromatic heterocycles. The summed E-state index contributed by atoms with van der Waals surface area (Å²) < 4.78 is 1.00. The van der Waals surface area contributed by atoms with Gasteiger partial charge in [0.15, 0.2) is 0 Å². The predicted molar refractivity (Wildman–Crippen MR) is 47.9 cm³/mol. The van der Waals surface area contributed by atoms with Crippen molar-refractivity contribution in [1.82, 2.24) is 4.98 Å². The fourth-order valence-corrected chi connectivity index (χ4v) is 2.12. The lowest BCUT2D eigenvalue weighted by molar-refractivity contribution is 0.0702. The molecule has 4 heteroatoms. The molecule has 0 aliphatic carbocycles. The van der Waals surface area contributed by atoms with Gasteiger partial charge in [-0.25, -0.2) is 4.79 Å². The summed E-state index contributed by atoms with van der Waals surface area (Å²) >= 11 is 1.30. The fourth-order valence-electron chi connectivity index (χ4n) is 1.16. The first-order valence-electron chi connectivity index (χ1n) is 3.49. The van der Waals surface area contributed by atoms with Crippen LogP contribution in [0.5, 0.6) is 0 Å². The van der Waals surface area contributed by atoms with E-state index < -0.39 is 5.97 Å². The van der Waals surface area contributed by atoms with Gasteiger partial charge in [0, 0.05) is 5.69 Å². The van der Waals surface area contributed by atoms with E-state index in [-0.39, 0.29) is 0 Å². The number of aromatic amines is 1. The first-order valence-corrected chi connectivity index (χ1v) is 4.31. The standard InChI is InChI=1S/C8H7NO2S/c1-4-2-6-5(9-4)3-7(12-6)8(10)11/h2-3,9H,1H3,(H,10,11). The molecule has 2 N–H and O–H groups in total. The molecule has 0 spiro atoms. The lowest BCUT2D eigenvalue weighted by Gasteiger charge is -1.82. The molecular weight excluding hydrogens is 174 g/mol. The van der Waals surface area contributed by atoms with Crippen molar-refractivity contribution in [2.24, 2.45) is 0 Å². The molecular formula is C8H7NO2S. The fraction of sp³-hybridized carbons (Fsp3) is 0.125. The van der Waals surface area contributed by atoms with Crippen LogP contribution in [-0.4, -0.2) is 16.1 Å². The van der Waals surface area contributed by atoms with Crippen LogP contribution in [0.1, 0.15) is 15.4 Å². The Morgan fingerprint density at radius 3 is 2.92 bits per heavy atom. The number of aryl methyl sites for hydroxylation is 1. The molecule has 62 valence electrons. The minimum Gasteiger partial charge on any atom is -0.477 e. The minimum absolute atomic E-state index is 0.385. The number of aromatic nitrogens is 1. The molecule has 0 radical (unpaired) electrons. The van der Waals surface area contributed by atoms with Crippen molar-refractivity contribution in [1.29, 1.82) is 0 Å². The van der Waals surface area contributed by atoms with Crippen molar-refractivity contribution in [2.75, 3.05) is 0 Å². The molecule has 12 heavy (non-hydrogen) atoms. The van der Waals surface area contributed by atoms with Crippen LogP contribution in [0, 0.1) is 6.92 Å². The molecule has 0 aromatic carbocycles. The molecule has 0 aliphatic heterocycles. The van der Waals surface area contributed by atoms with Gasteiger partial charge in [0.1, 0.15) is 4.88 Å². The van der Waals surface area contributed by atoms with Crippen LogP contribution in [0.2, 0.25) is 0 Å². The SMILES string of the molecule is Cc1cc2sc(C(=O)O)cc2[nH]1. The van der Waals surface area contributed by atoms with Gasteiger partial charge in [-0.3, -0.25) is 0 Å². The maximum absolute atomic E-state index is 10.5. The molecule has 0 amide bonds. The normalized spacial score (nSPS) is 10.8. The lowest BCUT2D eigenvalue weighted by Crippen LogP contribution is -1.89. The van der Waals surface area contributed by atoms with E-state index >= 15 is 0 Å². The van der Waals surface area contributed by atoms with Crippen molar-refractivity contribution >= 4 is 27.5 Å². The van der Waals surface area contributed by atoms with E-state index in [1.807, 2.05) is 13.0 Å². The summed E-state index contributed by atoms with van der Waals surface area (Å²) in [5, 5.41) is 8.67. The number of aromatic carboxylic acids is 1. The van der Waals surface area contributed by atoms with Crippen LogP contribution in [0.15, 0.2) is 12.1 Å². The molecule has 2 aromatic rings. The van der Waals surface area contributed by atoms with Gasteiger partial charge >= 0.3 is 5.97 Å². The summed E-state index contributed by atoms with van der Waals surface area (Å²) in [5.74, 6) is -0.859. The molecule has 0 fully saturated rings. The Kier molecular flexibility index (Phi) is 1.44. The Morgan fingerprint density at radius 2 is 2.33 bits per heavy atom. The number of carboxylic acid groups (broad SMARTS) is 1. The molecule has 2 rings (SSSR count). The summed E-state index contributed by atoms with van der Waals surface area (Å²) in [6, 6.07) is 3.61. The van der Waals surface area contributed by atoms with E-state index in [4.69, 9.17) is 5.11 Å². The first-order chi connectivity index (χ1) is 5.66. The molecule has 0 saturated carbocycles. The first kappa shape index (κ1) is 7.36. The smallest absolute Gasteiger partial charge is 0.345 e. The number of H-pyrrole nitrogens is 1. The van der Waals surface area contributed by atoms with Gasteiger partial charge in [-0.15, -0.1) is 11.3 Å². The topological polar surface area (TPSA) is 53.1 Å². The van der Waals surface area contributed by atoms with Gasteiger partial charge in [-0.05, 0) is 19.1 Å². The van der Waals surface area contributed by atoms with Crippen LogP contribution in [0.3, 0.4) is 0 Å². The minimum atomic E-state index is -0.859. The van der Waals surface area contributed by atoms with Gasteiger partial charge in [0.25, 0.3) is 0 Å². The number of thiophene rings is 1. The van der Waals surface area contributed by atoms with Gasteiger partial charge in [-0.2, -0.15) is 0 Å². The highest BCUT2D eigenvalue weighted by Crippen LogP contribution is 2.25. The lowest BCUT2D eigenvalue weighted by atomic mass is 10.4. The van der Waals surface area contributed by atoms with Crippen LogP contribution in [0.4, 0.5) is 0 Å². The van der Waals surface area contributed by atoms with Gasteiger partial charge in [0.2, 0.25) is 0 Å². The summed E-state index contributed by atoms with van der Waals surface area (Å²) in [6.45, 7) is 1.95. The molecule has 3 nitrogen and oxygen atoms in total. The summed E-state index contributed by atoms with van der Waals surface area (Å²) in [7, 11) is 0. The van der Waals surface area contributed by atoms with Crippen LogP contribution in [0.25, 0.3) is 10.2 Å². The van der Waals surface area contributed by atoms with E-state index in [2.05, 4.69) is 4.98 Å². The molecule has 0 saturated heterocycles. The maximum atomic E-state index is 10.5. The molecule has 0 bridgehead atoms. The second-order valence-electron chi connectivity index (χ2n) is 2.65. The molecule has 2 heterocycles. The third-order valence-electron chi connectivity index (χ3n) is 1.65.